The number of hydrogen-bond acceptors (Lipinski definition) is 7. The van der Waals surface area contributed by atoms with Crippen LogP contribution < -0.4 is 10.2 Å². The highest BCUT2D eigenvalue weighted by Crippen LogP contribution is 2.38. The molecule has 1 amide bonds. The third kappa shape index (κ3) is 54.6. The number of allylic oxidation sites excluding steroid dienone is 7. The predicted octanol–water partition coefficient (Wildman–Crippen LogP) is 18.3. The first kappa shape index (κ1) is 71.0. The zero-order valence-electron chi connectivity index (χ0n) is 48.8. The molecule has 10 heteroatoms. The number of carbonyl (C=O) groups excluding carboxylic acids is 2. The first-order valence-corrected chi connectivity index (χ1v) is 32.4. The van der Waals surface area contributed by atoms with Gasteiger partial charge in [0.15, 0.2) is 0 Å². The molecule has 3 atom stereocenters. The fourth-order valence-corrected chi connectivity index (χ4v) is 9.66. The Balaban J connectivity index is 5.20. The summed E-state index contributed by atoms with van der Waals surface area (Å²) in [6.45, 7) is 6.83. The summed E-state index contributed by atoms with van der Waals surface area (Å²) in [4.78, 5) is 39.9. The smallest absolute Gasteiger partial charge is 0.306 e. The van der Waals surface area contributed by atoms with Gasteiger partial charge in [0.05, 0.1) is 33.8 Å². The number of rotatable bonds is 56. The number of carbonyl (C=O) groups is 2. The molecule has 0 bridgehead atoms. The van der Waals surface area contributed by atoms with Gasteiger partial charge in [0.25, 0.3) is 7.82 Å². The molecule has 3 unspecified atom stereocenters. The minimum absolute atomic E-state index is 0.0224. The molecule has 0 aromatic rings. The van der Waals surface area contributed by atoms with Gasteiger partial charge in [0.1, 0.15) is 19.3 Å². The lowest BCUT2D eigenvalue weighted by atomic mass is 10.0. The SMILES string of the molecule is CCCCC/C=C\C/C=C\C/C=C\CCCCCCCCCCC(=O)OC(/C=C/CCCCCCCCCCC)C(COP(=O)([O-])OCC[N+](C)(C)C)NC(=O)CCCCCCCCCCCCCCCCC. The van der Waals surface area contributed by atoms with Crippen LogP contribution in [-0.4, -0.2) is 69.4 Å². The van der Waals surface area contributed by atoms with Crippen LogP contribution in [0.15, 0.2) is 48.6 Å². The molecular formula is C63H119N2O7P. The van der Waals surface area contributed by atoms with E-state index in [1.54, 1.807) is 0 Å². The molecule has 0 aliphatic heterocycles. The van der Waals surface area contributed by atoms with Crippen molar-refractivity contribution >= 4 is 19.7 Å². The number of phosphoric acid groups is 1. The maximum Gasteiger partial charge on any atom is 0.306 e. The summed E-state index contributed by atoms with van der Waals surface area (Å²) >= 11 is 0. The number of unbranched alkanes of at least 4 members (excludes halogenated alkanes) is 34. The Morgan fingerprint density at radius 1 is 0.479 bits per heavy atom. The number of phosphoric ester groups is 1. The molecule has 9 nitrogen and oxygen atoms in total. The van der Waals surface area contributed by atoms with Gasteiger partial charge in [-0.15, -0.1) is 0 Å². The van der Waals surface area contributed by atoms with Crippen molar-refractivity contribution in [2.75, 3.05) is 40.9 Å². The summed E-state index contributed by atoms with van der Waals surface area (Å²) in [7, 11) is 1.19. The number of quaternary nitrogens is 1. The Morgan fingerprint density at radius 3 is 1.27 bits per heavy atom. The van der Waals surface area contributed by atoms with E-state index in [0.717, 1.165) is 83.5 Å². The molecular weight excluding hydrogens is 928 g/mol. The lowest BCUT2D eigenvalue weighted by Crippen LogP contribution is -2.47. The van der Waals surface area contributed by atoms with Crippen molar-refractivity contribution in [2.24, 2.45) is 0 Å². The normalized spacial score (nSPS) is 14.0. The molecule has 0 fully saturated rings. The quantitative estimate of drug-likeness (QED) is 0.0212. The van der Waals surface area contributed by atoms with E-state index in [4.69, 9.17) is 13.8 Å². The van der Waals surface area contributed by atoms with Gasteiger partial charge in [0, 0.05) is 12.8 Å². The van der Waals surface area contributed by atoms with Crippen molar-refractivity contribution in [3.05, 3.63) is 48.6 Å². The number of esters is 1. The molecule has 0 rings (SSSR count). The third-order valence-corrected chi connectivity index (χ3v) is 14.7. The molecule has 0 spiro atoms. The van der Waals surface area contributed by atoms with E-state index in [1.165, 1.54) is 173 Å². The second-order valence-corrected chi connectivity index (χ2v) is 23.6. The average molecular weight is 1050 g/mol. The summed E-state index contributed by atoms with van der Waals surface area (Å²) in [6.07, 6.45) is 65.0. The zero-order valence-corrected chi connectivity index (χ0v) is 49.7. The second kappa shape index (κ2) is 53.4. The fraction of sp³-hybridized carbons (Fsp3) is 0.841. The maximum atomic E-state index is 13.5. The number of hydrogen-bond donors (Lipinski definition) is 1. The van der Waals surface area contributed by atoms with Gasteiger partial charge >= 0.3 is 5.97 Å². The topological polar surface area (TPSA) is 114 Å². The van der Waals surface area contributed by atoms with Crippen molar-refractivity contribution in [3.63, 3.8) is 0 Å². The van der Waals surface area contributed by atoms with Gasteiger partial charge in [0.2, 0.25) is 5.91 Å². The first-order chi connectivity index (χ1) is 35.4. The van der Waals surface area contributed by atoms with Crippen molar-refractivity contribution in [3.8, 4) is 0 Å². The highest BCUT2D eigenvalue weighted by Gasteiger charge is 2.27. The Morgan fingerprint density at radius 2 is 0.836 bits per heavy atom. The van der Waals surface area contributed by atoms with Crippen LogP contribution in [0.4, 0.5) is 0 Å². The zero-order chi connectivity index (χ0) is 53.6. The van der Waals surface area contributed by atoms with Gasteiger partial charge in [-0.05, 0) is 70.3 Å². The van der Waals surface area contributed by atoms with E-state index in [1.807, 2.05) is 33.3 Å². The summed E-state index contributed by atoms with van der Waals surface area (Å²) in [5.41, 5.74) is 0. The van der Waals surface area contributed by atoms with Crippen LogP contribution in [0.2, 0.25) is 0 Å². The van der Waals surface area contributed by atoms with Crippen LogP contribution >= 0.6 is 7.82 Å². The van der Waals surface area contributed by atoms with Gasteiger partial charge in [-0.3, -0.25) is 14.2 Å². The second-order valence-electron chi connectivity index (χ2n) is 22.2. The van der Waals surface area contributed by atoms with Crippen LogP contribution in [0, 0.1) is 0 Å². The van der Waals surface area contributed by atoms with Gasteiger partial charge in [-0.2, -0.15) is 0 Å². The van der Waals surface area contributed by atoms with Crippen molar-refractivity contribution in [1.82, 2.24) is 5.32 Å². The molecule has 0 saturated carbocycles. The maximum absolute atomic E-state index is 13.5. The molecule has 428 valence electrons. The average Bonchev–Trinajstić information content (AvgIpc) is 3.35. The number of amides is 1. The minimum Gasteiger partial charge on any atom is -0.756 e. The summed E-state index contributed by atoms with van der Waals surface area (Å²) in [6, 6.07) is -0.888. The lowest BCUT2D eigenvalue weighted by molar-refractivity contribution is -0.870. The van der Waals surface area contributed by atoms with Crippen molar-refractivity contribution in [1.29, 1.82) is 0 Å². The van der Waals surface area contributed by atoms with Crippen LogP contribution in [0.5, 0.6) is 0 Å². The first-order valence-electron chi connectivity index (χ1n) is 30.9. The largest absolute Gasteiger partial charge is 0.756 e. The monoisotopic (exact) mass is 1050 g/mol. The molecule has 0 saturated heterocycles. The number of nitrogens with one attached hydrogen (secondary N) is 1. The highest BCUT2D eigenvalue weighted by molar-refractivity contribution is 7.45. The summed E-state index contributed by atoms with van der Waals surface area (Å²) < 4.78 is 30.3. The molecule has 0 aliphatic rings. The van der Waals surface area contributed by atoms with E-state index in [9.17, 15) is 19.0 Å². The minimum atomic E-state index is -4.69. The fourth-order valence-electron chi connectivity index (χ4n) is 8.94. The lowest BCUT2D eigenvalue weighted by Gasteiger charge is -2.30. The van der Waals surface area contributed by atoms with Gasteiger partial charge in [-0.25, -0.2) is 0 Å². The van der Waals surface area contributed by atoms with Crippen LogP contribution in [0.1, 0.15) is 290 Å². The Hall–Kier alpha value is -2.03. The van der Waals surface area contributed by atoms with E-state index >= 15 is 0 Å². The van der Waals surface area contributed by atoms with E-state index in [2.05, 4.69) is 62.5 Å². The summed E-state index contributed by atoms with van der Waals surface area (Å²) in [5.74, 6) is -0.540. The number of likely N-dealkylation sites (N-methyl/N-ethyl adjacent to an activating group) is 1. The number of ether oxygens (including phenoxy) is 1. The van der Waals surface area contributed by atoms with E-state index in [-0.39, 0.29) is 31.5 Å². The number of nitrogens with zero attached hydrogens (tertiary/aromatic N) is 1. The molecule has 0 aliphatic carbocycles. The van der Waals surface area contributed by atoms with Gasteiger partial charge < -0.3 is 28.5 Å². The van der Waals surface area contributed by atoms with Gasteiger partial charge in [-0.1, -0.05) is 256 Å². The van der Waals surface area contributed by atoms with E-state index in [0.29, 0.717) is 17.4 Å². The van der Waals surface area contributed by atoms with Crippen molar-refractivity contribution in [2.45, 2.75) is 303 Å². The van der Waals surface area contributed by atoms with Crippen LogP contribution in [-0.2, 0) is 27.9 Å². The van der Waals surface area contributed by atoms with Crippen molar-refractivity contribution < 1.29 is 37.3 Å². The van der Waals surface area contributed by atoms with E-state index < -0.39 is 20.0 Å². The molecule has 1 N–H and O–H groups in total. The molecule has 0 aromatic carbocycles. The summed E-state index contributed by atoms with van der Waals surface area (Å²) in [5, 5.41) is 3.03. The molecule has 0 heterocycles. The van der Waals surface area contributed by atoms with Crippen LogP contribution in [0.3, 0.4) is 0 Å². The highest BCUT2D eigenvalue weighted by atomic mass is 31.2. The standard InChI is InChI=1S/C63H119N2O7P/c1-7-10-13-16-19-22-25-27-29-30-31-32-33-34-36-38-41-44-47-50-53-56-63(67)72-61(54-51-48-45-42-39-24-21-18-15-12-9-3)60(59-71-73(68,69)70-58-57-65(4,5)6)64-62(66)55-52-49-46-43-40-37-35-28-26-23-20-17-14-11-8-2/h19,22,27,29,31-32,51,54,60-61H,7-18,20-21,23-26,28,30,33-50,52-53,55-59H2,1-6H3,(H-,64,66,68,69)/b22-19-,29-27-,32-31-,54-51+. The van der Waals surface area contributed by atoms with Crippen LogP contribution in [0.25, 0.3) is 0 Å². The Labute approximate surface area is 452 Å². The third-order valence-electron chi connectivity index (χ3n) is 13.8. The Kier molecular flexibility index (Phi) is 51.9. The molecule has 0 aromatic heterocycles. The molecule has 73 heavy (non-hydrogen) atoms. The Bertz CT molecular complexity index is 1390. The predicted molar refractivity (Wildman–Crippen MR) is 312 cm³/mol. The molecule has 0 radical (unpaired) electrons.